The van der Waals surface area contributed by atoms with Crippen LogP contribution in [0.3, 0.4) is 0 Å². The van der Waals surface area contributed by atoms with Gasteiger partial charge in [0.2, 0.25) is 0 Å². The number of pyridine rings is 1. The van der Waals surface area contributed by atoms with Crippen LogP contribution in [0.2, 0.25) is 0 Å². The molecule has 1 radical (unpaired) electrons. The zero-order valence-corrected chi connectivity index (χ0v) is 14.5. The van der Waals surface area contributed by atoms with E-state index in [1.54, 1.807) is 0 Å². The van der Waals surface area contributed by atoms with E-state index in [0.29, 0.717) is 0 Å². The van der Waals surface area contributed by atoms with Gasteiger partial charge in [-0.05, 0) is 45.8 Å². The molecule has 0 bridgehead atoms. The van der Waals surface area contributed by atoms with Crippen LogP contribution in [0.1, 0.15) is 5.56 Å². The molecule has 0 saturated heterocycles. The summed E-state index contributed by atoms with van der Waals surface area (Å²) >= 11 is 0. The van der Waals surface area contributed by atoms with Gasteiger partial charge in [-0.2, -0.15) is 0 Å². The van der Waals surface area contributed by atoms with Crippen LogP contribution in [0.4, 0.5) is 0 Å². The third-order valence-electron chi connectivity index (χ3n) is 3.99. The molecule has 1 aromatic heterocycles. The van der Waals surface area contributed by atoms with E-state index in [9.17, 15) is 0 Å². The van der Waals surface area contributed by atoms with Gasteiger partial charge in [0.1, 0.15) is 0 Å². The van der Waals surface area contributed by atoms with Crippen LogP contribution in [0.5, 0.6) is 0 Å². The first kappa shape index (κ1) is 14.9. The standard InChI is InChI=1S/C20H14N.Ir/c1-14-6-5-9-17-16(14)10-11-19-18(17)12-13-21-20(19)15-7-3-2-4-8-15;/h2-7,9-13H,1H3;/q-1;. The Balaban J connectivity index is 0.00000144. The maximum absolute atomic E-state index is 4.58. The summed E-state index contributed by atoms with van der Waals surface area (Å²) in [6.07, 6.45) is 1.89. The molecule has 4 rings (SSSR count). The largest absolute Gasteiger partial charge is 0.304 e. The maximum atomic E-state index is 4.58. The number of aryl methyl sites for hydroxylation is 1. The third-order valence-corrected chi connectivity index (χ3v) is 3.99. The minimum Gasteiger partial charge on any atom is -0.304 e. The molecule has 22 heavy (non-hydrogen) atoms. The second kappa shape index (κ2) is 6.00. The Kier molecular flexibility index (Phi) is 4.06. The van der Waals surface area contributed by atoms with E-state index < -0.39 is 0 Å². The zero-order valence-electron chi connectivity index (χ0n) is 12.1. The van der Waals surface area contributed by atoms with Crippen molar-refractivity contribution in [2.45, 2.75) is 6.92 Å². The molecule has 0 aliphatic heterocycles. The van der Waals surface area contributed by atoms with Gasteiger partial charge in [0.05, 0.1) is 0 Å². The Labute approximate surface area is 143 Å². The van der Waals surface area contributed by atoms with Crippen molar-refractivity contribution in [2.75, 3.05) is 0 Å². The molecule has 0 spiro atoms. The average molecular weight is 461 g/mol. The molecule has 4 aromatic rings. The molecule has 0 amide bonds. The number of nitrogens with zero attached hydrogens (tertiary/aromatic N) is 1. The summed E-state index contributed by atoms with van der Waals surface area (Å²) in [6, 6.07) is 24.2. The van der Waals surface area contributed by atoms with Crippen LogP contribution in [0, 0.1) is 13.0 Å². The maximum Gasteiger partial charge on any atom is 0.0167 e. The molecule has 0 aliphatic carbocycles. The second-order valence-electron chi connectivity index (χ2n) is 5.27. The Morgan fingerprint density at radius 1 is 0.773 bits per heavy atom. The van der Waals surface area contributed by atoms with E-state index in [1.165, 1.54) is 27.1 Å². The molecule has 109 valence electrons. The van der Waals surface area contributed by atoms with Gasteiger partial charge in [0, 0.05) is 26.3 Å². The molecule has 3 aromatic carbocycles. The predicted molar refractivity (Wildman–Crippen MR) is 88.3 cm³/mol. The van der Waals surface area contributed by atoms with Crippen molar-refractivity contribution in [1.82, 2.24) is 4.98 Å². The first-order chi connectivity index (χ1) is 10.3. The van der Waals surface area contributed by atoms with Gasteiger partial charge in [0.25, 0.3) is 0 Å². The number of rotatable bonds is 1. The van der Waals surface area contributed by atoms with Crippen molar-refractivity contribution in [3.05, 3.63) is 78.5 Å². The predicted octanol–water partition coefficient (Wildman–Crippen LogP) is 5.16. The fourth-order valence-electron chi connectivity index (χ4n) is 2.94. The van der Waals surface area contributed by atoms with Gasteiger partial charge in [-0.25, -0.2) is 0 Å². The summed E-state index contributed by atoms with van der Waals surface area (Å²) in [4.78, 5) is 4.58. The van der Waals surface area contributed by atoms with Crippen molar-refractivity contribution in [2.24, 2.45) is 0 Å². The summed E-state index contributed by atoms with van der Waals surface area (Å²) < 4.78 is 0. The van der Waals surface area contributed by atoms with Gasteiger partial charge in [0.15, 0.2) is 0 Å². The van der Waals surface area contributed by atoms with E-state index in [4.69, 9.17) is 0 Å². The topological polar surface area (TPSA) is 12.9 Å². The molecule has 0 atom stereocenters. The van der Waals surface area contributed by atoms with E-state index in [0.717, 1.165) is 11.3 Å². The molecule has 2 heteroatoms. The van der Waals surface area contributed by atoms with Gasteiger partial charge in [-0.1, -0.05) is 30.3 Å². The molecule has 0 saturated carbocycles. The summed E-state index contributed by atoms with van der Waals surface area (Å²) in [5, 5.41) is 5.02. The number of aromatic nitrogens is 1. The van der Waals surface area contributed by atoms with E-state index in [1.807, 2.05) is 24.4 Å². The zero-order chi connectivity index (χ0) is 14.2. The van der Waals surface area contributed by atoms with Gasteiger partial charge < -0.3 is 4.98 Å². The molecule has 0 N–H and O–H groups in total. The van der Waals surface area contributed by atoms with Crippen molar-refractivity contribution in [3.63, 3.8) is 0 Å². The van der Waals surface area contributed by atoms with Gasteiger partial charge in [-0.15, -0.1) is 35.9 Å². The normalized spacial score (nSPS) is 10.6. The summed E-state index contributed by atoms with van der Waals surface area (Å²) in [5.41, 5.74) is 3.34. The Morgan fingerprint density at radius 2 is 1.59 bits per heavy atom. The molecular formula is C20H14IrN-. The third kappa shape index (κ3) is 2.35. The fraction of sp³-hybridized carbons (Fsp3) is 0.0500. The van der Waals surface area contributed by atoms with Crippen LogP contribution in [0.25, 0.3) is 32.8 Å². The monoisotopic (exact) mass is 461 g/mol. The number of fused-ring (bicyclic) bond motifs is 3. The minimum absolute atomic E-state index is 0. The SMILES string of the molecule is Cc1cccc2c1ccc1c(-c3[c-]cccc3)nccc12.[Ir]. The van der Waals surface area contributed by atoms with E-state index in [2.05, 4.69) is 60.4 Å². The number of hydrogen-bond acceptors (Lipinski definition) is 1. The molecule has 0 aliphatic rings. The summed E-state index contributed by atoms with van der Waals surface area (Å²) in [7, 11) is 0. The van der Waals surface area contributed by atoms with Crippen LogP contribution in [-0.2, 0) is 20.1 Å². The molecule has 0 unspecified atom stereocenters. The molecule has 0 fully saturated rings. The van der Waals surface area contributed by atoms with E-state index in [-0.39, 0.29) is 20.1 Å². The van der Waals surface area contributed by atoms with Gasteiger partial charge in [-0.3, -0.25) is 0 Å². The van der Waals surface area contributed by atoms with Crippen LogP contribution in [-0.4, -0.2) is 4.98 Å². The Morgan fingerprint density at radius 3 is 2.41 bits per heavy atom. The van der Waals surface area contributed by atoms with Crippen molar-refractivity contribution >= 4 is 21.5 Å². The average Bonchev–Trinajstić information content (AvgIpc) is 2.55. The first-order valence-electron chi connectivity index (χ1n) is 7.09. The minimum atomic E-state index is 0. The first-order valence-corrected chi connectivity index (χ1v) is 7.09. The Hall–Kier alpha value is -2.02. The van der Waals surface area contributed by atoms with Crippen molar-refractivity contribution < 1.29 is 20.1 Å². The number of benzene rings is 3. The smallest absolute Gasteiger partial charge is 0.0167 e. The summed E-state index contributed by atoms with van der Waals surface area (Å²) in [6.45, 7) is 2.15. The van der Waals surface area contributed by atoms with Crippen LogP contribution < -0.4 is 0 Å². The number of hydrogen-bond donors (Lipinski definition) is 0. The summed E-state index contributed by atoms with van der Waals surface area (Å²) in [5.74, 6) is 0. The quantitative estimate of drug-likeness (QED) is 0.282. The molecule has 1 nitrogen and oxygen atoms in total. The van der Waals surface area contributed by atoms with Crippen molar-refractivity contribution in [3.8, 4) is 11.3 Å². The second-order valence-corrected chi connectivity index (χ2v) is 5.27. The van der Waals surface area contributed by atoms with Crippen LogP contribution in [0.15, 0.2) is 66.9 Å². The molecule has 1 heterocycles. The fourth-order valence-corrected chi connectivity index (χ4v) is 2.94. The van der Waals surface area contributed by atoms with Gasteiger partial charge >= 0.3 is 0 Å². The molecular weight excluding hydrogens is 446 g/mol. The van der Waals surface area contributed by atoms with Crippen molar-refractivity contribution in [1.29, 1.82) is 0 Å². The Bertz CT molecular complexity index is 946. The van der Waals surface area contributed by atoms with E-state index >= 15 is 0 Å². The van der Waals surface area contributed by atoms with Crippen LogP contribution >= 0.6 is 0 Å².